The van der Waals surface area contributed by atoms with Crippen LogP contribution >= 0.6 is 11.6 Å². The summed E-state index contributed by atoms with van der Waals surface area (Å²) in [5.41, 5.74) is 0. The number of halogens is 2. The number of hydrogen-bond donors (Lipinski definition) is 1. The largest absolute Gasteiger partial charge is 0.308 e. The monoisotopic (exact) mass is 109 g/mol. The number of rotatable bonds is 0. The zero-order valence-corrected chi connectivity index (χ0v) is 3.93. The molecule has 0 saturated carbocycles. The van der Waals surface area contributed by atoms with Gasteiger partial charge in [0, 0.05) is 13.1 Å². The first-order valence-electron chi connectivity index (χ1n) is 1.79. The molecule has 36 valence electrons. The van der Waals surface area contributed by atoms with Crippen molar-refractivity contribution in [2.24, 2.45) is 0 Å². The van der Waals surface area contributed by atoms with Crippen molar-refractivity contribution in [3.05, 3.63) is 0 Å². The predicted octanol–water partition coefficient (Wildman–Crippen LogP) is 0.494. The number of hydrogen-bond acceptors (Lipinski definition) is 1. The molecule has 0 bridgehead atoms. The highest BCUT2D eigenvalue weighted by Gasteiger charge is 2.33. The quantitative estimate of drug-likeness (QED) is 0.447. The Balaban J connectivity index is 2.31. The molecule has 0 radical (unpaired) electrons. The first kappa shape index (κ1) is 4.34. The van der Waals surface area contributed by atoms with Crippen LogP contribution in [0, 0.1) is 0 Å². The van der Waals surface area contributed by atoms with Crippen LogP contribution < -0.4 is 5.32 Å². The molecule has 0 aromatic rings. The summed E-state index contributed by atoms with van der Waals surface area (Å²) >= 11 is 5.08. The van der Waals surface area contributed by atoms with Crippen molar-refractivity contribution in [1.29, 1.82) is 0 Å². The first-order chi connectivity index (χ1) is 2.71. The summed E-state index contributed by atoms with van der Waals surface area (Å²) in [7, 11) is 0. The highest BCUT2D eigenvalue weighted by molar-refractivity contribution is 6.23. The summed E-state index contributed by atoms with van der Waals surface area (Å²) < 4.78 is 11.9. The van der Waals surface area contributed by atoms with Gasteiger partial charge in [-0.2, -0.15) is 0 Å². The van der Waals surface area contributed by atoms with Gasteiger partial charge in [-0.15, -0.1) is 0 Å². The lowest BCUT2D eigenvalue weighted by Gasteiger charge is -2.27. The van der Waals surface area contributed by atoms with E-state index in [0.717, 1.165) is 0 Å². The molecule has 0 amide bonds. The zero-order valence-electron chi connectivity index (χ0n) is 3.17. The van der Waals surface area contributed by atoms with Crippen LogP contribution in [0.5, 0.6) is 0 Å². The van der Waals surface area contributed by atoms with E-state index < -0.39 is 5.13 Å². The highest BCUT2D eigenvalue weighted by atomic mass is 35.5. The maximum Gasteiger partial charge on any atom is 0.208 e. The minimum atomic E-state index is -1.42. The van der Waals surface area contributed by atoms with Crippen LogP contribution in [0.2, 0.25) is 0 Å². The Morgan fingerprint density at radius 1 is 1.67 bits per heavy atom. The van der Waals surface area contributed by atoms with Gasteiger partial charge >= 0.3 is 0 Å². The van der Waals surface area contributed by atoms with E-state index in [1.807, 2.05) is 0 Å². The van der Waals surface area contributed by atoms with E-state index in [0.29, 0.717) is 13.1 Å². The SMILES string of the molecule is FC1(Cl)CNC1. The predicted molar refractivity (Wildman–Crippen MR) is 22.6 cm³/mol. The fraction of sp³-hybridized carbons (Fsp3) is 1.00. The van der Waals surface area contributed by atoms with Crippen LogP contribution in [0.4, 0.5) is 4.39 Å². The lowest BCUT2D eigenvalue weighted by Crippen LogP contribution is -2.51. The molecule has 1 N–H and O–H groups in total. The van der Waals surface area contributed by atoms with E-state index in [4.69, 9.17) is 11.6 Å². The van der Waals surface area contributed by atoms with Crippen molar-refractivity contribution >= 4 is 11.6 Å². The van der Waals surface area contributed by atoms with E-state index in [1.54, 1.807) is 0 Å². The molecule has 6 heavy (non-hydrogen) atoms. The molecule has 1 nitrogen and oxygen atoms in total. The van der Waals surface area contributed by atoms with Crippen LogP contribution in [0.25, 0.3) is 0 Å². The summed E-state index contributed by atoms with van der Waals surface area (Å²) in [5, 5.41) is 1.28. The van der Waals surface area contributed by atoms with Crippen molar-refractivity contribution in [2.45, 2.75) is 5.13 Å². The molecule has 1 saturated heterocycles. The van der Waals surface area contributed by atoms with Gasteiger partial charge in [0.15, 0.2) is 0 Å². The van der Waals surface area contributed by atoms with Crippen LogP contribution in [0.15, 0.2) is 0 Å². The summed E-state index contributed by atoms with van der Waals surface area (Å²) in [5.74, 6) is 0. The van der Waals surface area contributed by atoms with Crippen LogP contribution in [0.3, 0.4) is 0 Å². The Hall–Kier alpha value is 0.180. The Morgan fingerprint density at radius 3 is 2.00 bits per heavy atom. The molecular formula is C3H5ClFN. The molecular weight excluding hydrogens is 104 g/mol. The van der Waals surface area contributed by atoms with Gasteiger partial charge in [-0.05, 0) is 0 Å². The first-order valence-corrected chi connectivity index (χ1v) is 2.17. The lowest BCUT2D eigenvalue weighted by molar-refractivity contribution is 0.188. The second-order valence-corrected chi connectivity index (χ2v) is 2.14. The topological polar surface area (TPSA) is 12.0 Å². The van der Waals surface area contributed by atoms with Crippen molar-refractivity contribution in [3.8, 4) is 0 Å². The summed E-state index contributed by atoms with van der Waals surface area (Å²) in [6, 6.07) is 0. The third-order valence-electron chi connectivity index (χ3n) is 0.767. The molecule has 1 rings (SSSR count). The van der Waals surface area contributed by atoms with Crippen LogP contribution in [0.1, 0.15) is 0 Å². The maximum atomic E-state index is 11.9. The van der Waals surface area contributed by atoms with E-state index >= 15 is 0 Å². The average Bonchev–Trinajstić information content (AvgIpc) is 1.32. The molecule has 0 unspecified atom stereocenters. The normalized spacial score (nSPS) is 29.0. The minimum Gasteiger partial charge on any atom is -0.308 e. The van der Waals surface area contributed by atoms with Crippen molar-refractivity contribution in [2.75, 3.05) is 13.1 Å². The van der Waals surface area contributed by atoms with Crippen LogP contribution in [-0.4, -0.2) is 18.2 Å². The Bertz CT molecular complexity index is 57.8. The molecule has 1 fully saturated rings. The third-order valence-corrected chi connectivity index (χ3v) is 1.03. The lowest BCUT2D eigenvalue weighted by atomic mass is 10.2. The molecule has 1 aliphatic heterocycles. The standard InChI is InChI=1S/C3H5ClFN/c4-3(5)1-6-2-3/h6H,1-2H2. The summed E-state index contributed by atoms with van der Waals surface area (Å²) in [4.78, 5) is 0. The van der Waals surface area contributed by atoms with Gasteiger partial charge in [0.2, 0.25) is 5.13 Å². The van der Waals surface area contributed by atoms with Crippen LogP contribution in [-0.2, 0) is 0 Å². The second-order valence-electron chi connectivity index (χ2n) is 1.46. The average molecular weight is 110 g/mol. The Labute approximate surface area is 40.5 Å². The van der Waals surface area contributed by atoms with Gasteiger partial charge in [-0.1, -0.05) is 11.6 Å². The molecule has 1 aliphatic rings. The summed E-state index contributed by atoms with van der Waals surface area (Å²) in [6.45, 7) is 0.600. The van der Waals surface area contributed by atoms with E-state index in [9.17, 15) is 4.39 Å². The van der Waals surface area contributed by atoms with Gasteiger partial charge < -0.3 is 5.32 Å². The van der Waals surface area contributed by atoms with E-state index in [1.165, 1.54) is 0 Å². The fourth-order valence-electron chi connectivity index (χ4n) is 0.314. The van der Waals surface area contributed by atoms with Crippen molar-refractivity contribution in [1.82, 2.24) is 5.32 Å². The van der Waals surface area contributed by atoms with E-state index in [2.05, 4.69) is 5.32 Å². The van der Waals surface area contributed by atoms with Gasteiger partial charge in [-0.25, -0.2) is 4.39 Å². The number of alkyl halides is 2. The minimum absolute atomic E-state index is 0.300. The zero-order chi connectivity index (χ0) is 4.62. The van der Waals surface area contributed by atoms with Gasteiger partial charge in [0.25, 0.3) is 0 Å². The molecule has 3 heteroatoms. The highest BCUT2D eigenvalue weighted by Crippen LogP contribution is 2.20. The van der Waals surface area contributed by atoms with E-state index in [-0.39, 0.29) is 0 Å². The van der Waals surface area contributed by atoms with Gasteiger partial charge in [0.1, 0.15) is 0 Å². The number of nitrogens with one attached hydrogen (secondary N) is 1. The van der Waals surface area contributed by atoms with Gasteiger partial charge in [0.05, 0.1) is 0 Å². The molecule has 0 aromatic heterocycles. The molecule has 0 aliphatic carbocycles. The molecule has 0 aromatic carbocycles. The summed E-state index contributed by atoms with van der Waals surface area (Å²) in [6.07, 6.45) is 0. The second kappa shape index (κ2) is 1.07. The smallest absolute Gasteiger partial charge is 0.208 e. The molecule has 0 spiro atoms. The van der Waals surface area contributed by atoms with Gasteiger partial charge in [-0.3, -0.25) is 0 Å². The molecule has 0 atom stereocenters. The van der Waals surface area contributed by atoms with Crippen molar-refractivity contribution < 1.29 is 4.39 Å². The third kappa shape index (κ3) is 0.632. The van der Waals surface area contributed by atoms with Crippen molar-refractivity contribution in [3.63, 3.8) is 0 Å². The Kier molecular flexibility index (Phi) is 0.777. The maximum absolute atomic E-state index is 11.9. The Morgan fingerprint density at radius 2 is 2.00 bits per heavy atom. The molecule has 1 heterocycles. The fourth-order valence-corrected chi connectivity index (χ4v) is 0.503.